The standard InChI is InChI=1S/C2HCl2F2S/c3-1(4)2(5,6)7/h1H. The smallest absolute Gasteiger partial charge is 0.190 e. The minimum absolute atomic E-state index is 1.78. The fourth-order valence-corrected chi connectivity index (χ4v) is 0. The van der Waals surface area contributed by atoms with Gasteiger partial charge in [-0.25, -0.2) is 0 Å². The van der Waals surface area contributed by atoms with Crippen LogP contribution in [0.4, 0.5) is 8.78 Å². The van der Waals surface area contributed by atoms with Crippen molar-refractivity contribution in [1.29, 1.82) is 0 Å². The largest absolute Gasteiger partial charge is 0.333 e. The maximum atomic E-state index is 11.4. The molecule has 0 aromatic carbocycles. The Morgan fingerprint density at radius 3 is 1.57 bits per heavy atom. The van der Waals surface area contributed by atoms with Gasteiger partial charge in [0.15, 0.2) is 4.84 Å². The molecule has 1 radical (unpaired) electrons. The molecule has 0 rings (SSSR count). The highest BCUT2D eigenvalue weighted by Gasteiger charge is 2.32. The molecule has 0 nitrogen and oxygen atoms in total. The molecule has 43 valence electrons. The molecule has 0 aliphatic heterocycles. The van der Waals surface area contributed by atoms with E-state index in [0.717, 1.165) is 0 Å². The molecule has 0 saturated carbocycles. The molecule has 0 spiro atoms. The Balaban J connectivity index is 3.54. The van der Waals surface area contributed by atoms with E-state index in [0.29, 0.717) is 0 Å². The maximum absolute atomic E-state index is 11.4. The topological polar surface area (TPSA) is 0 Å². The van der Waals surface area contributed by atoms with Gasteiger partial charge < -0.3 is 0 Å². The van der Waals surface area contributed by atoms with E-state index in [4.69, 9.17) is 0 Å². The molecule has 0 unspecified atom stereocenters. The Labute approximate surface area is 55.2 Å². The monoisotopic (exact) mass is 165 g/mol. The van der Waals surface area contributed by atoms with Crippen LogP contribution in [-0.2, 0) is 0 Å². The Hall–Kier alpha value is 0.790. The van der Waals surface area contributed by atoms with Crippen molar-refractivity contribution in [3.05, 3.63) is 0 Å². The highest BCUT2D eigenvalue weighted by atomic mass is 35.5. The van der Waals surface area contributed by atoms with Gasteiger partial charge in [0.05, 0.1) is 0 Å². The third-order valence-corrected chi connectivity index (χ3v) is 1.30. The summed E-state index contributed by atoms with van der Waals surface area (Å²) in [4.78, 5) is -1.78. The van der Waals surface area contributed by atoms with Gasteiger partial charge in [-0.2, -0.15) is 8.78 Å². The minimum atomic E-state index is -3.39. The van der Waals surface area contributed by atoms with E-state index < -0.39 is 10.1 Å². The zero-order valence-corrected chi connectivity index (χ0v) is 5.33. The highest BCUT2D eigenvalue weighted by Crippen LogP contribution is 2.29. The first-order chi connectivity index (χ1) is 2.94. The summed E-state index contributed by atoms with van der Waals surface area (Å²) in [7, 11) is 0. The van der Waals surface area contributed by atoms with Gasteiger partial charge in [0.1, 0.15) is 0 Å². The van der Waals surface area contributed by atoms with Crippen LogP contribution < -0.4 is 0 Å². The summed E-state index contributed by atoms with van der Waals surface area (Å²) in [6, 6.07) is 0. The van der Waals surface area contributed by atoms with Gasteiger partial charge in [-0.1, -0.05) is 23.2 Å². The molecular weight excluding hydrogens is 165 g/mol. The molecule has 0 aliphatic rings. The van der Waals surface area contributed by atoms with Crippen LogP contribution in [0.3, 0.4) is 0 Å². The van der Waals surface area contributed by atoms with E-state index in [1.54, 1.807) is 0 Å². The third-order valence-electron chi connectivity index (χ3n) is 0.254. The Morgan fingerprint density at radius 2 is 1.57 bits per heavy atom. The lowest BCUT2D eigenvalue weighted by molar-refractivity contribution is 0.125. The predicted octanol–water partition coefficient (Wildman–Crippen LogP) is 2.58. The van der Waals surface area contributed by atoms with Crippen molar-refractivity contribution in [2.75, 3.05) is 0 Å². The van der Waals surface area contributed by atoms with Crippen molar-refractivity contribution in [2.24, 2.45) is 0 Å². The molecule has 0 fully saturated rings. The quantitative estimate of drug-likeness (QED) is 0.525. The zero-order valence-electron chi connectivity index (χ0n) is 3.00. The lowest BCUT2D eigenvalue weighted by Gasteiger charge is -2.05. The number of hydrogen-bond donors (Lipinski definition) is 0. The second kappa shape index (κ2) is 2.37. The van der Waals surface area contributed by atoms with Gasteiger partial charge in [0, 0.05) is 0 Å². The molecule has 0 aromatic heterocycles. The molecule has 0 heterocycles. The molecule has 0 N–H and O–H groups in total. The van der Waals surface area contributed by atoms with Crippen molar-refractivity contribution in [3.8, 4) is 0 Å². The van der Waals surface area contributed by atoms with Crippen LogP contribution in [0.15, 0.2) is 0 Å². The van der Waals surface area contributed by atoms with Crippen LogP contribution >= 0.6 is 35.8 Å². The molecule has 0 aromatic rings. The lowest BCUT2D eigenvalue weighted by atomic mass is 10.8. The fourth-order valence-electron chi connectivity index (χ4n) is 0. The SMILES string of the molecule is FC(F)([S])C(Cl)Cl. The molecule has 7 heavy (non-hydrogen) atoms. The molecule has 5 heteroatoms. The first-order valence-electron chi connectivity index (χ1n) is 1.31. The Bertz CT molecular complexity index is 59.2. The van der Waals surface area contributed by atoms with Crippen LogP contribution in [-0.4, -0.2) is 10.1 Å². The number of alkyl halides is 4. The van der Waals surface area contributed by atoms with Crippen molar-refractivity contribution < 1.29 is 8.78 Å². The van der Waals surface area contributed by atoms with Crippen LogP contribution in [0.2, 0.25) is 0 Å². The van der Waals surface area contributed by atoms with E-state index in [9.17, 15) is 8.78 Å². The van der Waals surface area contributed by atoms with Crippen molar-refractivity contribution >= 4 is 35.8 Å². The number of rotatable bonds is 1. The van der Waals surface area contributed by atoms with Crippen LogP contribution in [0, 0.1) is 0 Å². The second-order valence-electron chi connectivity index (χ2n) is 0.862. The Morgan fingerprint density at radius 1 is 1.43 bits per heavy atom. The van der Waals surface area contributed by atoms with Gasteiger partial charge in [-0.05, 0) is 12.6 Å². The predicted molar refractivity (Wildman–Crippen MR) is 28.0 cm³/mol. The summed E-state index contributed by atoms with van der Waals surface area (Å²) in [5.74, 6) is 0. The highest BCUT2D eigenvalue weighted by molar-refractivity contribution is 7.81. The van der Waals surface area contributed by atoms with Gasteiger partial charge in [0.2, 0.25) is 0 Å². The van der Waals surface area contributed by atoms with E-state index in [2.05, 4.69) is 35.8 Å². The Kier molecular flexibility index (Phi) is 2.64. The van der Waals surface area contributed by atoms with Crippen LogP contribution in [0.1, 0.15) is 0 Å². The first-order valence-corrected chi connectivity index (χ1v) is 2.59. The molecular formula is C2HCl2F2S. The first kappa shape index (κ1) is 7.79. The van der Waals surface area contributed by atoms with E-state index >= 15 is 0 Å². The zero-order chi connectivity index (χ0) is 6.08. The average Bonchev–Trinajstić information content (AvgIpc) is 1.31. The number of hydrogen-bond acceptors (Lipinski definition) is 0. The molecule has 0 aliphatic carbocycles. The molecule has 0 saturated heterocycles. The normalized spacial score (nSPS) is 12.9. The van der Waals surface area contributed by atoms with Gasteiger partial charge >= 0.3 is 5.25 Å². The van der Waals surface area contributed by atoms with E-state index in [1.807, 2.05) is 0 Å². The molecule has 0 bridgehead atoms. The van der Waals surface area contributed by atoms with Crippen LogP contribution in [0.25, 0.3) is 0 Å². The minimum Gasteiger partial charge on any atom is -0.190 e. The van der Waals surface area contributed by atoms with Gasteiger partial charge in [-0.15, -0.1) is 0 Å². The second-order valence-corrected chi connectivity index (χ2v) is 2.50. The summed E-state index contributed by atoms with van der Waals surface area (Å²) in [6.45, 7) is 0. The molecule has 0 atom stereocenters. The van der Waals surface area contributed by atoms with Crippen molar-refractivity contribution in [1.82, 2.24) is 0 Å². The fraction of sp³-hybridized carbons (Fsp3) is 1.00. The lowest BCUT2D eigenvalue weighted by Crippen LogP contribution is -2.15. The summed E-state index contributed by atoms with van der Waals surface area (Å²) in [5, 5.41) is -3.39. The average molecular weight is 166 g/mol. The van der Waals surface area contributed by atoms with Gasteiger partial charge in [-0.3, -0.25) is 0 Å². The van der Waals surface area contributed by atoms with E-state index in [-0.39, 0.29) is 0 Å². The van der Waals surface area contributed by atoms with Crippen molar-refractivity contribution in [3.63, 3.8) is 0 Å². The summed E-state index contributed by atoms with van der Waals surface area (Å²) in [6.07, 6.45) is 0. The summed E-state index contributed by atoms with van der Waals surface area (Å²) < 4.78 is 22.8. The van der Waals surface area contributed by atoms with Crippen molar-refractivity contribution in [2.45, 2.75) is 10.1 Å². The van der Waals surface area contributed by atoms with Gasteiger partial charge in [0.25, 0.3) is 0 Å². The summed E-state index contributed by atoms with van der Waals surface area (Å²) in [5.41, 5.74) is 0. The number of halogens is 4. The maximum Gasteiger partial charge on any atom is 0.333 e. The van der Waals surface area contributed by atoms with Crippen LogP contribution in [0.5, 0.6) is 0 Å². The van der Waals surface area contributed by atoms with E-state index in [1.165, 1.54) is 0 Å². The third kappa shape index (κ3) is 3.38. The summed E-state index contributed by atoms with van der Waals surface area (Å²) >= 11 is 12.8. The molecule has 0 amide bonds.